The third kappa shape index (κ3) is 3.70. The zero-order valence-electron chi connectivity index (χ0n) is 18.8. The summed E-state index contributed by atoms with van der Waals surface area (Å²) in [5.74, 6) is 4.52. The SMILES string of the molecule is COc1ccc(N2CCN(c3nc(C4CC4)nc4cc(OC)c(OC)cc34)CC2)c(N)c1. The summed E-state index contributed by atoms with van der Waals surface area (Å²) in [4.78, 5) is 14.5. The molecule has 0 unspecified atom stereocenters. The summed E-state index contributed by atoms with van der Waals surface area (Å²) < 4.78 is 16.3. The molecule has 1 saturated heterocycles. The van der Waals surface area contributed by atoms with Gasteiger partial charge in [0, 0.05) is 49.6 Å². The maximum atomic E-state index is 6.29. The third-order valence-corrected chi connectivity index (χ3v) is 6.30. The topological polar surface area (TPSA) is 86.0 Å². The van der Waals surface area contributed by atoms with Crippen LogP contribution >= 0.6 is 0 Å². The van der Waals surface area contributed by atoms with E-state index in [1.807, 2.05) is 30.3 Å². The molecule has 2 aliphatic rings. The van der Waals surface area contributed by atoms with Crippen LogP contribution in [0.3, 0.4) is 0 Å². The maximum absolute atomic E-state index is 6.29. The second kappa shape index (κ2) is 8.26. The largest absolute Gasteiger partial charge is 0.497 e. The summed E-state index contributed by atoms with van der Waals surface area (Å²) >= 11 is 0. The fourth-order valence-electron chi connectivity index (χ4n) is 4.33. The molecule has 1 saturated carbocycles. The van der Waals surface area contributed by atoms with Crippen molar-refractivity contribution >= 4 is 28.1 Å². The van der Waals surface area contributed by atoms with Crippen LogP contribution in [0.25, 0.3) is 10.9 Å². The smallest absolute Gasteiger partial charge is 0.162 e. The average Bonchev–Trinajstić information content (AvgIpc) is 3.68. The fourth-order valence-corrected chi connectivity index (χ4v) is 4.33. The molecule has 8 nitrogen and oxygen atoms in total. The van der Waals surface area contributed by atoms with E-state index in [2.05, 4.69) is 9.80 Å². The lowest BCUT2D eigenvalue weighted by Gasteiger charge is -2.37. The summed E-state index contributed by atoms with van der Waals surface area (Å²) in [5, 5.41) is 0.990. The molecular formula is C24H29N5O3. The van der Waals surface area contributed by atoms with E-state index in [1.165, 1.54) is 0 Å². The Kier molecular flexibility index (Phi) is 5.28. The van der Waals surface area contributed by atoms with Crippen LogP contribution in [0.15, 0.2) is 30.3 Å². The molecule has 8 heteroatoms. The van der Waals surface area contributed by atoms with Crippen LogP contribution in [0.5, 0.6) is 17.2 Å². The van der Waals surface area contributed by atoms with E-state index < -0.39 is 0 Å². The number of ether oxygens (including phenoxy) is 3. The van der Waals surface area contributed by atoms with Crippen LogP contribution in [-0.2, 0) is 0 Å². The Bertz CT molecular complexity index is 1140. The van der Waals surface area contributed by atoms with Gasteiger partial charge in [-0.2, -0.15) is 0 Å². The molecular weight excluding hydrogens is 406 g/mol. The van der Waals surface area contributed by atoms with E-state index in [4.69, 9.17) is 29.9 Å². The summed E-state index contributed by atoms with van der Waals surface area (Å²) in [6.45, 7) is 3.40. The number of nitrogen functional groups attached to an aromatic ring is 1. The van der Waals surface area contributed by atoms with Crippen LogP contribution < -0.4 is 29.7 Å². The number of nitrogens with zero attached hydrogens (tertiary/aromatic N) is 4. The molecule has 2 heterocycles. The number of fused-ring (bicyclic) bond motifs is 1. The molecule has 0 spiro atoms. The molecule has 0 amide bonds. The van der Waals surface area contributed by atoms with E-state index in [9.17, 15) is 0 Å². The fraction of sp³-hybridized carbons (Fsp3) is 0.417. The molecule has 0 atom stereocenters. The van der Waals surface area contributed by atoms with Crippen molar-refractivity contribution in [3.05, 3.63) is 36.2 Å². The molecule has 2 aromatic carbocycles. The molecule has 1 aromatic heterocycles. The number of aromatic nitrogens is 2. The highest BCUT2D eigenvalue weighted by Gasteiger charge is 2.30. The first-order valence-electron chi connectivity index (χ1n) is 11.0. The highest BCUT2D eigenvalue weighted by Crippen LogP contribution is 2.42. The zero-order chi connectivity index (χ0) is 22.2. The molecule has 0 bridgehead atoms. The number of methoxy groups -OCH3 is 3. The standard InChI is InChI=1S/C24H29N5O3/c1-30-16-6-7-20(18(25)12-16)28-8-10-29(11-9-28)24-17-13-21(31-2)22(32-3)14-19(17)26-23(27-24)15-4-5-15/h6-7,12-15H,4-5,8-11,25H2,1-3H3. The van der Waals surface area contributed by atoms with Crippen LogP contribution in [0.1, 0.15) is 24.6 Å². The van der Waals surface area contributed by atoms with Gasteiger partial charge in [0.2, 0.25) is 0 Å². The lowest BCUT2D eigenvalue weighted by molar-refractivity contribution is 0.355. The van der Waals surface area contributed by atoms with Gasteiger partial charge >= 0.3 is 0 Å². The van der Waals surface area contributed by atoms with E-state index in [0.717, 1.165) is 78.7 Å². The highest BCUT2D eigenvalue weighted by molar-refractivity contribution is 5.92. The van der Waals surface area contributed by atoms with Crippen molar-refractivity contribution < 1.29 is 14.2 Å². The van der Waals surface area contributed by atoms with Crippen molar-refractivity contribution in [2.45, 2.75) is 18.8 Å². The van der Waals surface area contributed by atoms with Gasteiger partial charge in [0.25, 0.3) is 0 Å². The molecule has 2 N–H and O–H groups in total. The average molecular weight is 436 g/mol. The van der Waals surface area contributed by atoms with Crippen molar-refractivity contribution in [3.63, 3.8) is 0 Å². The van der Waals surface area contributed by atoms with Crippen molar-refractivity contribution in [1.82, 2.24) is 9.97 Å². The summed E-state index contributed by atoms with van der Waals surface area (Å²) in [6, 6.07) is 9.82. The van der Waals surface area contributed by atoms with Gasteiger partial charge in [0.05, 0.1) is 38.2 Å². The van der Waals surface area contributed by atoms with Crippen molar-refractivity contribution in [3.8, 4) is 17.2 Å². The van der Waals surface area contributed by atoms with Gasteiger partial charge < -0.3 is 29.7 Å². The van der Waals surface area contributed by atoms with Gasteiger partial charge in [-0.25, -0.2) is 9.97 Å². The number of hydrogen-bond donors (Lipinski definition) is 1. The van der Waals surface area contributed by atoms with E-state index >= 15 is 0 Å². The first-order valence-corrected chi connectivity index (χ1v) is 11.0. The Labute approximate surface area is 187 Å². The minimum Gasteiger partial charge on any atom is -0.497 e. The second-order valence-corrected chi connectivity index (χ2v) is 8.30. The lowest BCUT2D eigenvalue weighted by atomic mass is 10.1. The maximum Gasteiger partial charge on any atom is 0.162 e. The second-order valence-electron chi connectivity index (χ2n) is 8.30. The van der Waals surface area contributed by atoms with Crippen LogP contribution in [0.4, 0.5) is 17.2 Å². The van der Waals surface area contributed by atoms with Gasteiger partial charge in [-0.15, -0.1) is 0 Å². The molecule has 0 radical (unpaired) electrons. The predicted molar refractivity (Wildman–Crippen MR) is 126 cm³/mol. The Morgan fingerprint density at radius 2 is 1.53 bits per heavy atom. The quantitative estimate of drug-likeness (QED) is 0.590. The molecule has 1 aliphatic carbocycles. The lowest BCUT2D eigenvalue weighted by Crippen LogP contribution is -2.47. The van der Waals surface area contributed by atoms with Gasteiger partial charge in [-0.1, -0.05) is 0 Å². The molecule has 1 aliphatic heterocycles. The van der Waals surface area contributed by atoms with E-state index in [1.54, 1.807) is 21.3 Å². The van der Waals surface area contributed by atoms with Gasteiger partial charge in [0.15, 0.2) is 11.5 Å². The predicted octanol–water partition coefficient (Wildman–Crippen LogP) is 3.44. The molecule has 3 aromatic rings. The van der Waals surface area contributed by atoms with Gasteiger partial charge in [-0.05, 0) is 31.0 Å². The Hall–Kier alpha value is -3.42. The molecule has 168 valence electrons. The minimum absolute atomic E-state index is 0.464. The number of nitrogens with two attached hydrogens (primary N) is 1. The summed E-state index contributed by atoms with van der Waals surface area (Å²) in [5.41, 5.74) is 8.96. The number of hydrogen-bond acceptors (Lipinski definition) is 8. The highest BCUT2D eigenvalue weighted by atomic mass is 16.5. The van der Waals surface area contributed by atoms with E-state index in [-0.39, 0.29) is 0 Å². The van der Waals surface area contributed by atoms with Crippen molar-refractivity contribution in [2.24, 2.45) is 0 Å². The van der Waals surface area contributed by atoms with Crippen LogP contribution in [0.2, 0.25) is 0 Å². The number of benzene rings is 2. The Morgan fingerprint density at radius 1 is 0.844 bits per heavy atom. The monoisotopic (exact) mass is 435 g/mol. The zero-order valence-corrected chi connectivity index (χ0v) is 18.8. The van der Waals surface area contributed by atoms with Gasteiger partial charge in [-0.3, -0.25) is 0 Å². The molecule has 32 heavy (non-hydrogen) atoms. The Balaban J connectivity index is 1.45. The summed E-state index contributed by atoms with van der Waals surface area (Å²) in [7, 11) is 4.96. The summed E-state index contributed by atoms with van der Waals surface area (Å²) in [6.07, 6.45) is 2.31. The number of rotatable bonds is 6. The van der Waals surface area contributed by atoms with Gasteiger partial charge in [0.1, 0.15) is 17.4 Å². The first-order chi connectivity index (χ1) is 15.6. The van der Waals surface area contributed by atoms with E-state index in [0.29, 0.717) is 17.4 Å². The Morgan fingerprint density at radius 3 is 2.16 bits per heavy atom. The van der Waals surface area contributed by atoms with Crippen LogP contribution in [-0.4, -0.2) is 57.5 Å². The van der Waals surface area contributed by atoms with Crippen molar-refractivity contribution in [2.75, 3.05) is 63.0 Å². The third-order valence-electron chi connectivity index (χ3n) is 6.30. The van der Waals surface area contributed by atoms with Crippen LogP contribution in [0, 0.1) is 0 Å². The molecule has 5 rings (SSSR count). The number of anilines is 3. The number of piperazine rings is 1. The minimum atomic E-state index is 0.464. The first kappa shape index (κ1) is 20.5. The van der Waals surface area contributed by atoms with Crippen molar-refractivity contribution in [1.29, 1.82) is 0 Å². The molecule has 2 fully saturated rings. The normalized spacial score (nSPS) is 16.3.